The van der Waals surface area contributed by atoms with Crippen LogP contribution in [0.1, 0.15) is 91.0 Å². The monoisotopic (exact) mass is 494 g/mol. The predicted molar refractivity (Wildman–Crippen MR) is 137 cm³/mol. The number of carbonyl (C=O) groups excluding carboxylic acids is 2. The Kier molecular flexibility index (Phi) is 11.7. The van der Waals surface area contributed by atoms with E-state index in [2.05, 4.69) is 29.7 Å². The number of nitrogens with one attached hydrogen (secondary N) is 2. The Balaban J connectivity index is 1.90. The quantitative estimate of drug-likeness (QED) is 0.342. The molecule has 0 spiro atoms. The second kappa shape index (κ2) is 13.9. The zero-order valence-electron chi connectivity index (χ0n) is 21.4. The minimum Gasteiger partial charge on any atom is -0.444 e. The van der Waals surface area contributed by atoms with Crippen molar-refractivity contribution >= 4 is 23.6 Å². The van der Waals surface area contributed by atoms with Gasteiger partial charge in [0, 0.05) is 42.7 Å². The van der Waals surface area contributed by atoms with Gasteiger partial charge in [-0.25, -0.2) is 4.79 Å². The second-order valence-electron chi connectivity index (χ2n) is 10.3. The highest BCUT2D eigenvalue weighted by molar-refractivity contribution is 6.30. The van der Waals surface area contributed by atoms with Gasteiger partial charge in [0.25, 0.3) is 0 Å². The summed E-state index contributed by atoms with van der Waals surface area (Å²) >= 11 is 6.16. The SMILES string of the molecule is CCCCC(NC(=O)CCCCCNC(=O)OC(C)(C)C)C1(c2ccc(Cl)cc2)CCOCC1. The fraction of sp³-hybridized carbons (Fsp3) is 0.704. The van der Waals surface area contributed by atoms with E-state index < -0.39 is 11.7 Å². The van der Waals surface area contributed by atoms with Crippen LogP contribution in [0.15, 0.2) is 24.3 Å². The highest BCUT2D eigenvalue weighted by Crippen LogP contribution is 2.40. The molecule has 2 rings (SSSR count). The molecule has 1 unspecified atom stereocenters. The number of hydrogen-bond donors (Lipinski definition) is 2. The van der Waals surface area contributed by atoms with Crippen LogP contribution < -0.4 is 10.6 Å². The van der Waals surface area contributed by atoms with E-state index in [1.807, 2.05) is 32.9 Å². The molecular formula is C27H43ClN2O4. The molecule has 1 fully saturated rings. The van der Waals surface area contributed by atoms with Crippen LogP contribution in [0.5, 0.6) is 0 Å². The fourth-order valence-corrected chi connectivity index (χ4v) is 4.74. The lowest BCUT2D eigenvalue weighted by Gasteiger charge is -2.44. The zero-order valence-corrected chi connectivity index (χ0v) is 22.1. The van der Waals surface area contributed by atoms with Gasteiger partial charge in [-0.05, 0) is 70.6 Å². The summed E-state index contributed by atoms with van der Waals surface area (Å²) in [6, 6.07) is 8.17. The third kappa shape index (κ3) is 9.46. The lowest BCUT2D eigenvalue weighted by molar-refractivity contribution is -0.123. The molecule has 34 heavy (non-hydrogen) atoms. The summed E-state index contributed by atoms with van der Waals surface area (Å²) in [5, 5.41) is 6.89. The maximum Gasteiger partial charge on any atom is 0.407 e. The molecule has 0 aromatic heterocycles. The lowest BCUT2D eigenvalue weighted by atomic mass is 9.67. The van der Waals surface area contributed by atoms with Gasteiger partial charge >= 0.3 is 6.09 Å². The molecule has 0 radical (unpaired) electrons. The van der Waals surface area contributed by atoms with Gasteiger partial charge in [0.2, 0.25) is 5.91 Å². The molecule has 0 bridgehead atoms. The molecule has 0 saturated carbocycles. The molecule has 192 valence electrons. The zero-order chi connectivity index (χ0) is 25.0. The normalized spacial score (nSPS) is 16.5. The number of rotatable bonds is 12. The molecule has 2 amide bonds. The molecule has 1 aliphatic rings. The Hall–Kier alpha value is -1.79. The van der Waals surface area contributed by atoms with Crippen molar-refractivity contribution in [2.75, 3.05) is 19.8 Å². The van der Waals surface area contributed by atoms with E-state index in [0.717, 1.165) is 56.4 Å². The summed E-state index contributed by atoms with van der Waals surface area (Å²) in [5.74, 6) is 0.0982. The van der Waals surface area contributed by atoms with Gasteiger partial charge in [-0.2, -0.15) is 0 Å². The number of alkyl carbamates (subject to hydrolysis) is 1. The first-order valence-corrected chi connectivity index (χ1v) is 13.1. The van der Waals surface area contributed by atoms with Crippen molar-refractivity contribution < 1.29 is 19.1 Å². The molecule has 1 atom stereocenters. The largest absolute Gasteiger partial charge is 0.444 e. The molecule has 2 N–H and O–H groups in total. The molecule has 1 aromatic rings. The Morgan fingerprint density at radius 1 is 1.09 bits per heavy atom. The van der Waals surface area contributed by atoms with E-state index >= 15 is 0 Å². The second-order valence-corrected chi connectivity index (χ2v) is 10.7. The standard InChI is InChI=1S/C27H43ClN2O4/c1-5-6-10-23(27(16-19-33-20-17-27)21-12-14-22(28)15-13-21)30-24(31)11-8-7-9-18-29-25(32)34-26(2,3)4/h12-15,23H,5-11,16-20H2,1-4H3,(H,29,32)(H,30,31). The average Bonchev–Trinajstić information content (AvgIpc) is 2.78. The Morgan fingerprint density at radius 3 is 2.38 bits per heavy atom. The predicted octanol–water partition coefficient (Wildman–Crippen LogP) is 6.15. The van der Waals surface area contributed by atoms with Crippen LogP contribution in [0.3, 0.4) is 0 Å². The number of ether oxygens (including phenoxy) is 2. The first-order chi connectivity index (χ1) is 16.2. The fourth-order valence-electron chi connectivity index (χ4n) is 4.61. The minimum atomic E-state index is -0.496. The molecule has 1 saturated heterocycles. The van der Waals surface area contributed by atoms with Crippen molar-refractivity contribution in [2.24, 2.45) is 0 Å². The van der Waals surface area contributed by atoms with Crippen LogP contribution in [0.2, 0.25) is 5.02 Å². The molecule has 1 heterocycles. The topological polar surface area (TPSA) is 76.7 Å². The van der Waals surface area contributed by atoms with Crippen LogP contribution in [-0.4, -0.2) is 43.4 Å². The van der Waals surface area contributed by atoms with Crippen LogP contribution in [0.25, 0.3) is 0 Å². The number of unbranched alkanes of at least 4 members (excludes halogenated alkanes) is 3. The Labute approximate surface area is 210 Å². The van der Waals surface area contributed by atoms with Crippen molar-refractivity contribution in [1.29, 1.82) is 0 Å². The number of carbonyl (C=O) groups is 2. The summed E-state index contributed by atoms with van der Waals surface area (Å²) in [4.78, 5) is 24.6. The van der Waals surface area contributed by atoms with E-state index in [1.54, 1.807) is 0 Å². The molecule has 0 aliphatic carbocycles. The van der Waals surface area contributed by atoms with Gasteiger partial charge in [0.1, 0.15) is 5.60 Å². The third-order valence-corrected chi connectivity index (χ3v) is 6.65. The highest BCUT2D eigenvalue weighted by atomic mass is 35.5. The van der Waals surface area contributed by atoms with Crippen molar-refractivity contribution in [3.8, 4) is 0 Å². The van der Waals surface area contributed by atoms with Crippen LogP contribution in [0.4, 0.5) is 4.79 Å². The van der Waals surface area contributed by atoms with Crippen LogP contribution in [0, 0.1) is 0 Å². The first-order valence-electron chi connectivity index (χ1n) is 12.8. The highest BCUT2D eigenvalue weighted by Gasteiger charge is 2.42. The van der Waals surface area contributed by atoms with Gasteiger partial charge in [0.05, 0.1) is 0 Å². The number of hydrogen-bond acceptors (Lipinski definition) is 4. The lowest BCUT2D eigenvalue weighted by Crippen LogP contribution is -2.53. The summed E-state index contributed by atoms with van der Waals surface area (Å²) in [6.07, 6.45) is 7.46. The third-order valence-electron chi connectivity index (χ3n) is 6.40. The van der Waals surface area contributed by atoms with E-state index in [0.29, 0.717) is 26.2 Å². The molecule has 6 nitrogen and oxygen atoms in total. The summed E-state index contributed by atoms with van der Waals surface area (Å²) in [7, 11) is 0. The summed E-state index contributed by atoms with van der Waals surface area (Å²) < 4.78 is 10.9. The van der Waals surface area contributed by atoms with Crippen molar-refractivity contribution in [2.45, 2.75) is 103 Å². The summed E-state index contributed by atoms with van der Waals surface area (Å²) in [5.41, 5.74) is 0.602. The Bertz CT molecular complexity index is 755. The van der Waals surface area contributed by atoms with Gasteiger partial charge in [0.15, 0.2) is 0 Å². The van der Waals surface area contributed by atoms with E-state index in [-0.39, 0.29) is 17.4 Å². The maximum absolute atomic E-state index is 12.9. The van der Waals surface area contributed by atoms with Crippen LogP contribution in [-0.2, 0) is 19.7 Å². The summed E-state index contributed by atoms with van der Waals surface area (Å²) in [6.45, 7) is 9.67. The van der Waals surface area contributed by atoms with Gasteiger partial charge in [-0.15, -0.1) is 0 Å². The van der Waals surface area contributed by atoms with Crippen molar-refractivity contribution in [3.05, 3.63) is 34.9 Å². The molecule has 1 aliphatic heterocycles. The number of benzene rings is 1. The molecule has 1 aromatic carbocycles. The minimum absolute atomic E-state index is 0.0684. The molecular weight excluding hydrogens is 452 g/mol. The van der Waals surface area contributed by atoms with Gasteiger partial charge < -0.3 is 20.1 Å². The number of halogens is 1. The van der Waals surface area contributed by atoms with Crippen LogP contribution >= 0.6 is 11.6 Å². The maximum atomic E-state index is 12.9. The Morgan fingerprint density at radius 2 is 1.76 bits per heavy atom. The van der Waals surface area contributed by atoms with E-state index in [4.69, 9.17) is 21.1 Å². The van der Waals surface area contributed by atoms with Gasteiger partial charge in [-0.3, -0.25) is 4.79 Å². The average molecular weight is 495 g/mol. The van der Waals surface area contributed by atoms with E-state index in [9.17, 15) is 9.59 Å². The number of amides is 2. The van der Waals surface area contributed by atoms with Gasteiger partial charge in [-0.1, -0.05) is 49.9 Å². The smallest absolute Gasteiger partial charge is 0.407 e. The molecule has 7 heteroatoms. The van der Waals surface area contributed by atoms with Crippen molar-refractivity contribution in [3.63, 3.8) is 0 Å². The van der Waals surface area contributed by atoms with Crippen molar-refractivity contribution in [1.82, 2.24) is 10.6 Å². The van der Waals surface area contributed by atoms with E-state index in [1.165, 1.54) is 5.56 Å². The first kappa shape index (κ1) is 28.4.